The molecule has 306 valence electrons. The maximum absolute atomic E-state index is 14.4. The predicted molar refractivity (Wildman–Crippen MR) is 195 cm³/mol. The number of nitrogens with one attached hydrogen (secondary N) is 3. The monoisotopic (exact) mass is 808 g/mol. The van der Waals surface area contributed by atoms with Gasteiger partial charge in [-0.2, -0.15) is 13.2 Å². The Kier molecular flexibility index (Phi) is 11.5. The van der Waals surface area contributed by atoms with Crippen LogP contribution in [0.1, 0.15) is 84.3 Å². The van der Waals surface area contributed by atoms with Gasteiger partial charge in [-0.3, -0.25) is 19.1 Å². The van der Waals surface area contributed by atoms with Gasteiger partial charge in [-0.25, -0.2) is 23.2 Å². The van der Waals surface area contributed by atoms with Gasteiger partial charge in [0.15, 0.2) is 0 Å². The van der Waals surface area contributed by atoms with Crippen LogP contribution in [0.15, 0.2) is 30.4 Å². The number of benzene rings is 1. The van der Waals surface area contributed by atoms with E-state index in [2.05, 4.69) is 25.3 Å². The quantitative estimate of drug-likeness (QED) is 0.308. The summed E-state index contributed by atoms with van der Waals surface area (Å²) in [5, 5.41) is 5.32. The molecule has 2 aromatic rings. The number of methoxy groups -OCH3 is 1. The molecule has 1 saturated heterocycles. The van der Waals surface area contributed by atoms with E-state index in [0.29, 0.717) is 38.5 Å². The van der Waals surface area contributed by atoms with Gasteiger partial charge in [0.1, 0.15) is 29.5 Å². The number of hydrogen-bond donors (Lipinski definition) is 3. The molecule has 0 bridgehead atoms. The molecule has 3 N–H and O–H groups in total. The van der Waals surface area contributed by atoms with Crippen molar-refractivity contribution in [2.45, 2.75) is 113 Å². The summed E-state index contributed by atoms with van der Waals surface area (Å²) < 4.78 is 86.7. The predicted octanol–water partition coefficient (Wildman–Crippen LogP) is 4.15. The van der Waals surface area contributed by atoms with Crippen LogP contribution in [0, 0.1) is 11.8 Å². The highest BCUT2D eigenvalue weighted by Gasteiger charge is 2.63. The lowest BCUT2D eigenvalue weighted by molar-refractivity contribution is -0.143. The van der Waals surface area contributed by atoms with E-state index in [1.807, 2.05) is 19.9 Å². The molecule has 0 unspecified atom stereocenters. The first-order valence-electron chi connectivity index (χ1n) is 18.7. The Bertz CT molecular complexity index is 2010. The van der Waals surface area contributed by atoms with Crippen LogP contribution in [-0.4, -0.2) is 95.8 Å². The third-order valence-electron chi connectivity index (χ3n) is 10.7. The maximum atomic E-state index is 14.4. The van der Waals surface area contributed by atoms with Crippen molar-refractivity contribution in [3.63, 3.8) is 0 Å². The number of nitrogens with zero attached hydrogens (tertiary/aromatic N) is 3. The number of alkyl halides is 3. The summed E-state index contributed by atoms with van der Waals surface area (Å²) in [7, 11) is -2.74. The van der Waals surface area contributed by atoms with E-state index >= 15 is 0 Å². The van der Waals surface area contributed by atoms with Crippen LogP contribution < -0.4 is 24.8 Å². The first-order chi connectivity index (χ1) is 26.4. The van der Waals surface area contributed by atoms with Gasteiger partial charge in [0.2, 0.25) is 33.4 Å². The van der Waals surface area contributed by atoms with Crippen LogP contribution in [0.4, 0.5) is 18.0 Å². The summed E-state index contributed by atoms with van der Waals surface area (Å²) >= 11 is 0. The minimum Gasteiger partial charge on any atom is -0.497 e. The lowest BCUT2D eigenvalue weighted by atomic mass is 10.0. The van der Waals surface area contributed by atoms with Crippen molar-refractivity contribution in [2.24, 2.45) is 11.8 Å². The minimum atomic E-state index is -5.01. The van der Waals surface area contributed by atoms with Crippen LogP contribution in [-0.2, 0) is 35.3 Å². The highest BCUT2D eigenvalue weighted by molar-refractivity contribution is 7.91. The van der Waals surface area contributed by atoms with Gasteiger partial charge in [-0.15, -0.1) is 0 Å². The second-order valence-electron chi connectivity index (χ2n) is 15.6. The molecule has 19 heteroatoms. The fraction of sp³-hybridized carbons (Fsp3) is 0.622. The number of alkyl carbamates (subject to hydrolysis) is 1. The zero-order chi connectivity index (χ0) is 40.6. The molecule has 56 heavy (non-hydrogen) atoms. The van der Waals surface area contributed by atoms with Crippen LogP contribution in [0.2, 0.25) is 0 Å². The third kappa shape index (κ3) is 8.81. The first kappa shape index (κ1) is 41.0. The normalized spacial score (nSPS) is 27.2. The Morgan fingerprint density at radius 3 is 2.54 bits per heavy atom. The van der Waals surface area contributed by atoms with Crippen LogP contribution in [0.5, 0.6) is 11.6 Å². The summed E-state index contributed by atoms with van der Waals surface area (Å²) in [6, 6.07) is 1.60. The molecule has 2 aliphatic carbocycles. The highest BCUT2D eigenvalue weighted by atomic mass is 32.2. The zero-order valence-electron chi connectivity index (χ0n) is 31.6. The molecular weight excluding hydrogens is 762 g/mol. The molecule has 4 aliphatic rings. The Labute approximate surface area is 322 Å². The van der Waals surface area contributed by atoms with E-state index in [-0.39, 0.29) is 48.6 Å². The topological polar surface area (TPSA) is 195 Å². The van der Waals surface area contributed by atoms with Gasteiger partial charge < -0.3 is 29.7 Å². The van der Waals surface area contributed by atoms with E-state index < -0.39 is 92.5 Å². The van der Waals surface area contributed by atoms with E-state index in [0.717, 1.165) is 4.90 Å². The molecule has 2 aliphatic heterocycles. The number of rotatable bonds is 9. The molecule has 1 aromatic heterocycles. The highest BCUT2D eigenvalue weighted by Crippen LogP contribution is 2.47. The average molecular weight is 809 g/mol. The van der Waals surface area contributed by atoms with Gasteiger partial charge in [-0.1, -0.05) is 38.8 Å². The van der Waals surface area contributed by atoms with Crippen molar-refractivity contribution in [2.75, 3.05) is 20.3 Å². The van der Waals surface area contributed by atoms with Gasteiger partial charge in [0.25, 0.3) is 5.91 Å². The fourth-order valence-corrected chi connectivity index (χ4v) is 8.25. The molecule has 3 heterocycles. The molecule has 2 saturated carbocycles. The zero-order valence-corrected chi connectivity index (χ0v) is 32.4. The molecule has 0 radical (unpaired) electrons. The molecule has 4 amide bonds. The van der Waals surface area contributed by atoms with Crippen molar-refractivity contribution < 1.29 is 55.0 Å². The number of aromatic nitrogens is 2. The summed E-state index contributed by atoms with van der Waals surface area (Å²) in [6.45, 7) is 4.87. The van der Waals surface area contributed by atoms with E-state index in [1.54, 1.807) is 6.08 Å². The first-order valence-corrected chi connectivity index (χ1v) is 20.2. The molecule has 3 fully saturated rings. The maximum Gasteiger partial charge on any atom is 0.438 e. The molecule has 5 atom stereocenters. The van der Waals surface area contributed by atoms with Gasteiger partial charge >= 0.3 is 12.3 Å². The standard InChI is InChI=1S/C37H47F3N6O9S/c1-21(2)20-54-34(50)43-26-11-9-7-5-6-8-10-22-18-36(22,33(49)45-56(51,52)35(3)14-15-35)44-30(47)28-17-24(19-46(28)32(26)48)55-31-29(37(38,39)40)41-27-16-23(53-4)12-13-25(27)42-31/h8,10,12-13,16,21-22,24,26,28H,5-7,9,11,14-15,17-20H2,1-4H3,(H,43,50)(H,44,47)(H,45,49)/b10-8+/t22-,24-,26+,28+,36-/m1/s1. The fourth-order valence-electron chi connectivity index (χ4n) is 6.94. The number of sulfonamides is 1. The molecule has 6 rings (SSSR count). The minimum absolute atomic E-state index is 0.00159. The van der Waals surface area contributed by atoms with Crippen LogP contribution in [0.3, 0.4) is 0 Å². The summed E-state index contributed by atoms with van der Waals surface area (Å²) in [6.07, 6.45) is -0.379. The molecule has 15 nitrogen and oxygen atoms in total. The number of carbonyl (C=O) groups excluding carboxylic acids is 4. The van der Waals surface area contributed by atoms with Crippen molar-refractivity contribution >= 4 is 44.9 Å². The molecule has 0 spiro atoms. The van der Waals surface area contributed by atoms with Crippen molar-refractivity contribution in [1.82, 2.24) is 30.2 Å². The lowest BCUT2D eigenvalue weighted by Crippen LogP contribution is -2.58. The Morgan fingerprint density at radius 2 is 1.86 bits per heavy atom. The number of amides is 4. The van der Waals surface area contributed by atoms with Crippen molar-refractivity contribution in [3.8, 4) is 11.6 Å². The number of ether oxygens (including phenoxy) is 3. The largest absolute Gasteiger partial charge is 0.497 e. The number of halogens is 3. The SMILES string of the molecule is COc1ccc2nc(O[C@@H]3C[C@H]4C(=O)N[C@]5(C(=O)NS(=O)(=O)C6(C)CC6)C[C@H]5/C=C/CCCCC[C@H](NC(=O)OCC(C)C)C(=O)N4C3)c(C(F)(F)F)nc2c1. The Hall–Kier alpha value is -4.68. The Morgan fingerprint density at radius 1 is 1.11 bits per heavy atom. The van der Waals surface area contributed by atoms with E-state index in [1.165, 1.54) is 32.2 Å². The second kappa shape index (κ2) is 15.7. The van der Waals surface area contributed by atoms with Gasteiger partial charge in [0.05, 0.1) is 36.0 Å². The van der Waals surface area contributed by atoms with Crippen LogP contribution >= 0.6 is 0 Å². The van der Waals surface area contributed by atoms with Crippen molar-refractivity contribution in [1.29, 1.82) is 0 Å². The summed E-state index contributed by atoms with van der Waals surface area (Å²) in [4.78, 5) is 64.3. The summed E-state index contributed by atoms with van der Waals surface area (Å²) in [5.74, 6) is -3.67. The smallest absolute Gasteiger partial charge is 0.438 e. The number of fused-ring (bicyclic) bond motifs is 3. The second-order valence-corrected chi connectivity index (χ2v) is 17.8. The van der Waals surface area contributed by atoms with E-state index in [4.69, 9.17) is 14.2 Å². The third-order valence-corrected chi connectivity index (χ3v) is 12.9. The number of allylic oxidation sites excluding steroid dienone is 1. The number of hydrogen-bond acceptors (Lipinski definition) is 11. The Balaban J connectivity index is 1.33. The molecule has 1 aromatic carbocycles. The van der Waals surface area contributed by atoms with Gasteiger partial charge in [0, 0.05) is 18.4 Å². The summed E-state index contributed by atoms with van der Waals surface area (Å²) in [5.41, 5.74) is -3.15. The van der Waals surface area contributed by atoms with E-state index in [9.17, 15) is 40.8 Å². The lowest BCUT2D eigenvalue weighted by Gasteiger charge is -2.30. The van der Waals surface area contributed by atoms with Gasteiger partial charge in [-0.05, 0) is 63.5 Å². The molecular formula is C37H47F3N6O9S. The number of carbonyl (C=O) groups is 4. The van der Waals surface area contributed by atoms with Crippen molar-refractivity contribution in [3.05, 3.63) is 36.0 Å². The average Bonchev–Trinajstić information content (AvgIpc) is 4.01. The van der Waals surface area contributed by atoms with Crippen LogP contribution in [0.25, 0.3) is 11.0 Å².